The van der Waals surface area contributed by atoms with Gasteiger partial charge in [0.05, 0.1) is 5.54 Å². The fourth-order valence-corrected chi connectivity index (χ4v) is 4.15. The first-order chi connectivity index (χ1) is 17.9. The molecule has 1 unspecified atom stereocenters. The van der Waals surface area contributed by atoms with Crippen molar-refractivity contribution in [2.45, 2.75) is 50.0 Å². The Balaban J connectivity index is 0.000000449. The number of carboxylic acid groups (broad SMARTS) is 2. The van der Waals surface area contributed by atoms with Crippen molar-refractivity contribution < 1.29 is 55.7 Å². The molecule has 2 aliphatic rings. The molecule has 1 atom stereocenters. The van der Waals surface area contributed by atoms with Crippen molar-refractivity contribution in [2.24, 2.45) is 0 Å². The number of hydrogen-bond acceptors (Lipinski definition) is 6. The van der Waals surface area contributed by atoms with Crippen molar-refractivity contribution in [2.75, 3.05) is 40.3 Å². The number of aliphatic carboxylic acids is 2. The second-order valence-electron chi connectivity index (χ2n) is 9.10. The minimum Gasteiger partial charge on any atom is -0.475 e. The lowest BCUT2D eigenvalue weighted by molar-refractivity contribution is -0.193. The number of alkyl halides is 6. The standard InChI is InChI=1S/C19H28N4O2.2C2HF3O2/c1-21(2)13-14-23-17(24)5-3-8-19(23)9-4-12-22(15-19)18(25)16-6-10-20-11-7-16;2*3-2(4,5)1(6)7/h6-7,10-11H,3-5,8-9,12-15H2,1-2H3;2*(H,6,7). The second kappa shape index (κ2) is 14.1. The number of carbonyl (C=O) groups is 4. The average molecular weight is 573 g/mol. The number of piperidine rings is 2. The molecule has 3 rings (SSSR count). The van der Waals surface area contributed by atoms with Gasteiger partial charge in [-0.3, -0.25) is 14.6 Å². The predicted molar refractivity (Wildman–Crippen MR) is 124 cm³/mol. The Bertz CT molecular complexity index is 962. The van der Waals surface area contributed by atoms with E-state index in [4.69, 9.17) is 19.8 Å². The van der Waals surface area contributed by atoms with Crippen LogP contribution in [0, 0.1) is 0 Å². The Morgan fingerprint density at radius 1 is 0.974 bits per heavy atom. The van der Waals surface area contributed by atoms with Gasteiger partial charge in [0.15, 0.2) is 0 Å². The summed E-state index contributed by atoms with van der Waals surface area (Å²) >= 11 is 0. The van der Waals surface area contributed by atoms with Crippen LogP contribution in [-0.2, 0) is 14.4 Å². The molecule has 0 aliphatic carbocycles. The lowest BCUT2D eigenvalue weighted by Crippen LogP contribution is -2.64. The van der Waals surface area contributed by atoms with Crippen molar-refractivity contribution in [1.82, 2.24) is 19.7 Å². The van der Waals surface area contributed by atoms with Crippen LogP contribution < -0.4 is 0 Å². The smallest absolute Gasteiger partial charge is 0.475 e. The summed E-state index contributed by atoms with van der Waals surface area (Å²) in [6, 6.07) is 3.53. The number of halogens is 6. The van der Waals surface area contributed by atoms with Crippen LogP contribution >= 0.6 is 0 Å². The molecule has 2 fully saturated rings. The van der Waals surface area contributed by atoms with Gasteiger partial charge in [0, 0.05) is 50.6 Å². The molecule has 1 aromatic heterocycles. The molecule has 39 heavy (non-hydrogen) atoms. The van der Waals surface area contributed by atoms with Gasteiger partial charge in [-0.2, -0.15) is 26.3 Å². The maximum atomic E-state index is 12.9. The van der Waals surface area contributed by atoms with E-state index in [2.05, 4.69) is 14.8 Å². The Kier molecular flexibility index (Phi) is 12.1. The van der Waals surface area contributed by atoms with Crippen LogP contribution in [0.2, 0.25) is 0 Å². The van der Waals surface area contributed by atoms with Gasteiger partial charge in [-0.05, 0) is 51.9 Å². The third-order valence-corrected chi connectivity index (χ3v) is 5.93. The molecule has 0 radical (unpaired) electrons. The lowest BCUT2D eigenvalue weighted by atomic mass is 9.79. The molecule has 0 aromatic carbocycles. The van der Waals surface area contributed by atoms with Gasteiger partial charge in [0.2, 0.25) is 5.91 Å². The number of aromatic nitrogens is 1. The zero-order valence-electron chi connectivity index (χ0n) is 21.3. The highest BCUT2D eigenvalue weighted by molar-refractivity contribution is 5.94. The quantitative estimate of drug-likeness (QED) is 0.527. The van der Waals surface area contributed by atoms with Crippen molar-refractivity contribution in [3.8, 4) is 0 Å². The molecule has 1 aromatic rings. The van der Waals surface area contributed by atoms with E-state index in [0.29, 0.717) is 18.5 Å². The number of likely N-dealkylation sites (N-methyl/N-ethyl adjacent to an activating group) is 1. The highest BCUT2D eigenvalue weighted by Crippen LogP contribution is 2.37. The monoisotopic (exact) mass is 572 g/mol. The molecule has 10 nitrogen and oxygen atoms in total. The van der Waals surface area contributed by atoms with Crippen LogP contribution in [0.1, 0.15) is 42.5 Å². The van der Waals surface area contributed by atoms with Gasteiger partial charge in [0.1, 0.15) is 0 Å². The molecule has 16 heteroatoms. The average Bonchev–Trinajstić information content (AvgIpc) is 2.83. The molecule has 1 spiro atoms. The summed E-state index contributed by atoms with van der Waals surface area (Å²) in [5.41, 5.74) is 0.487. The van der Waals surface area contributed by atoms with Crippen LogP contribution in [0.4, 0.5) is 26.3 Å². The molecule has 2 amide bonds. The molecular formula is C23H30F6N4O6. The summed E-state index contributed by atoms with van der Waals surface area (Å²) in [5.74, 6) is -5.22. The molecule has 3 heterocycles. The summed E-state index contributed by atoms with van der Waals surface area (Å²) in [5, 5.41) is 14.2. The molecule has 220 valence electrons. The number of carbonyl (C=O) groups excluding carboxylic acids is 2. The van der Waals surface area contributed by atoms with Crippen molar-refractivity contribution in [3.63, 3.8) is 0 Å². The van der Waals surface area contributed by atoms with Gasteiger partial charge in [-0.25, -0.2) is 9.59 Å². The SMILES string of the molecule is CN(C)CCN1C(=O)CCCC12CCCN(C(=O)c1ccncc1)C2.O=C(O)C(F)(F)F.O=C(O)C(F)(F)F. The minimum absolute atomic E-state index is 0.0482. The molecular weight excluding hydrogens is 542 g/mol. The van der Waals surface area contributed by atoms with Gasteiger partial charge in [0.25, 0.3) is 5.91 Å². The third-order valence-electron chi connectivity index (χ3n) is 5.93. The Hall–Kier alpha value is -3.43. The predicted octanol–water partition coefficient (Wildman–Crippen LogP) is 2.90. The molecule has 0 bridgehead atoms. The van der Waals surface area contributed by atoms with E-state index >= 15 is 0 Å². The number of hydrogen-bond donors (Lipinski definition) is 2. The van der Waals surface area contributed by atoms with E-state index in [1.807, 2.05) is 19.0 Å². The maximum absolute atomic E-state index is 12.9. The summed E-state index contributed by atoms with van der Waals surface area (Å²) in [4.78, 5) is 53.4. The normalized spacial score (nSPS) is 19.6. The lowest BCUT2D eigenvalue weighted by Gasteiger charge is -2.52. The topological polar surface area (TPSA) is 131 Å². The number of rotatable bonds is 4. The van der Waals surface area contributed by atoms with Gasteiger partial charge in [-0.15, -0.1) is 0 Å². The van der Waals surface area contributed by atoms with Crippen molar-refractivity contribution >= 4 is 23.8 Å². The Morgan fingerprint density at radius 2 is 1.46 bits per heavy atom. The minimum atomic E-state index is -5.08. The molecule has 2 N–H and O–H groups in total. The summed E-state index contributed by atoms with van der Waals surface area (Å²) in [6.45, 7) is 3.00. The molecule has 0 saturated carbocycles. The van der Waals surface area contributed by atoms with Gasteiger partial charge < -0.3 is 24.9 Å². The van der Waals surface area contributed by atoms with E-state index in [-0.39, 0.29) is 17.4 Å². The fraction of sp³-hybridized carbons (Fsp3) is 0.609. The first kappa shape index (κ1) is 33.6. The summed E-state index contributed by atoms with van der Waals surface area (Å²) in [6.07, 6.45) is -2.37. The first-order valence-corrected chi connectivity index (χ1v) is 11.7. The van der Waals surface area contributed by atoms with Gasteiger partial charge in [-0.1, -0.05) is 0 Å². The first-order valence-electron chi connectivity index (χ1n) is 11.7. The zero-order valence-corrected chi connectivity index (χ0v) is 21.3. The fourth-order valence-electron chi connectivity index (χ4n) is 4.15. The van der Waals surface area contributed by atoms with Crippen molar-refractivity contribution in [1.29, 1.82) is 0 Å². The van der Waals surface area contributed by atoms with E-state index in [0.717, 1.165) is 45.3 Å². The van der Waals surface area contributed by atoms with E-state index in [1.165, 1.54) is 0 Å². The Morgan fingerprint density at radius 3 is 1.92 bits per heavy atom. The number of carboxylic acids is 2. The van der Waals surface area contributed by atoms with Crippen LogP contribution in [-0.4, -0.2) is 112 Å². The highest BCUT2D eigenvalue weighted by atomic mass is 19.4. The highest BCUT2D eigenvalue weighted by Gasteiger charge is 2.46. The van der Waals surface area contributed by atoms with Crippen LogP contribution in [0.15, 0.2) is 24.5 Å². The van der Waals surface area contributed by atoms with Crippen molar-refractivity contribution in [3.05, 3.63) is 30.1 Å². The van der Waals surface area contributed by atoms with Crippen LogP contribution in [0.5, 0.6) is 0 Å². The number of pyridine rings is 1. The van der Waals surface area contributed by atoms with Gasteiger partial charge >= 0.3 is 24.3 Å². The third kappa shape index (κ3) is 10.7. The largest absolute Gasteiger partial charge is 0.490 e. The van der Waals surface area contributed by atoms with Crippen LogP contribution in [0.25, 0.3) is 0 Å². The van der Waals surface area contributed by atoms with E-state index < -0.39 is 24.3 Å². The summed E-state index contributed by atoms with van der Waals surface area (Å²) in [7, 11) is 4.06. The number of nitrogens with zero attached hydrogens (tertiary/aromatic N) is 4. The second-order valence-corrected chi connectivity index (χ2v) is 9.10. The number of amides is 2. The zero-order chi connectivity index (χ0) is 30.0. The van der Waals surface area contributed by atoms with E-state index in [9.17, 15) is 35.9 Å². The van der Waals surface area contributed by atoms with E-state index in [1.54, 1.807) is 24.5 Å². The maximum Gasteiger partial charge on any atom is 0.490 e. The Labute approximate surface area is 220 Å². The molecule has 2 saturated heterocycles. The van der Waals surface area contributed by atoms with Crippen LogP contribution in [0.3, 0.4) is 0 Å². The number of likely N-dealkylation sites (tertiary alicyclic amines) is 2. The summed E-state index contributed by atoms with van der Waals surface area (Å²) < 4.78 is 63.5. The molecule has 2 aliphatic heterocycles.